The quantitative estimate of drug-likeness (QED) is 0.567. The van der Waals surface area contributed by atoms with E-state index in [2.05, 4.69) is 0 Å². The summed E-state index contributed by atoms with van der Waals surface area (Å²) in [6, 6.07) is 4.01. The van der Waals surface area contributed by atoms with Gasteiger partial charge in [-0.2, -0.15) is 5.23 Å². The summed E-state index contributed by atoms with van der Waals surface area (Å²) in [4.78, 5) is 10.5. The normalized spacial score (nSPS) is 12.5. The summed E-state index contributed by atoms with van der Waals surface area (Å²) in [5.74, 6) is -1.12. The van der Waals surface area contributed by atoms with Crippen LogP contribution in [0.5, 0.6) is 0 Å². The number of nitrogens with one attached hydrogen (secondary N) is 1. The maximum Gasteiger partial charge on any atom is 0.335 e. The Bertz CT molecular complexity index is 335. The highest BCUT2D eigenvalue weighted by Crippen LogP contribution is 2.12. The van der Waals surface area contributed by atoms with E-state index in [4.69, 9.17) is 10.3 Å². The van der Waals surface area contributed by atoms with E-state index in [1.54, 1.807) is 6.92 Å². The molecule has 1 rings (SSSR count). The fourth-order valence-corrected chi connectivity index (χ4v) is 0.985. The Morgan fingerprint density at radius 2 is 2.15 bits per heavy atom. The van der Waals surface area contributed by atoms with Gasteiger partial charge in [-0.3, -0.25) is 0 Å². The summed E-state index contributed by atoms with van der Waals surface area (Å²) in [7, 11) is 0. The molecular formula is C8H9NO4. The van der Waals surface area contributed by atoms with Crippen LogP contribution in [0.25, 0.3) is 0 Å². The highest BCUT2D eigenvalue weighted by molar-refractivity contribution is 5.88. The monoisotopic (exact) mass is 183 g/mol. The predicted molar refractivity (Wildman–Crippen MR) is 43.9 cm³/mol. The van der Waals surface area contributed by atoms with Gasteiger partial charge in [0.25, 0.3) is 0 Å². The first-order valence-electron chi connectivity index (χ1n) is 3.59. The first-order chi connectivity index (χ1) is 6.02. The lowest BCUT2D eigenvalue weighted by molar-refractivity contribution is -0.991. The Labute approximate surface area is 74.4 Å². The number of aryl methyl sites for hydroxylation is 1. The van der Waals surface area contributed by atoms with Crippen molar-refractivity contribution in [1.82, 2.24) is 0 Å². The maximum absolute atomic E-state index is 10.6. The largest absolute Gasteiger partial charge is 0.595 e. The third-order valence-corrected chi connectivity index (χ3v) is 1.71. The number of hydrogen-bond donors (Lipinski definition) is 3. The molecule has 1 aromatic carbocycles. The van der Waals surface area contributed by atoms with Crippen LogP contribution in [0.3, 0.4) is 0 Å². The second kappa shape index (κ2) is 3.53. The molecule has 0 fully saturated rings. The predicted octanol–water partition coefficient (Wildman–Crippen LogP) is 0.0966. The molecule has 13 heavy (non-hydrogen) atoms. The van der Waals surface area contributed by atoms with Gasteiger partial charge in [0, 0.05) is 11.6 Å². The van der Waals surface area contributed by atoms with Crippen molar-refractivity contribution in [2.24, 2.45) is 0 Å². The molecule has 3 N–H and O–H groups in total. The molecule has 5 nitrogen and oxygen atoms in total. The molecule has 70 valence electrons. The molecule has 5 heteroatoms. The molecule has 1 atom stereocenters. The lowest BCUT2D eigenvalue weighted by Crippen LogP contribution is -2.99. The Morgan fingerprint density at radius 1 is 1.54 bits per heavy atom. The van der Waals surface area contributed by atoms with Crippen LogP contribution in [0, 0.1) is 12.1 Å². The number of aromatic carboxylic acids is 1. The van der Waals surface area contributed by atoms with Crippen LogP contribution < -0.4 is 5.23 Å². The van der Waals surface area contributed by atoms with Gasteiger partial charge < -0.3 is 10.3 Å². The molecule has 0 saturated heterocycles. The molecule has 0 spiro atoms. The summed E-state index contributed by atoms with van der Waals surface area (Å²) < 4.78 is 0. The van der Waals surface area contributed by atoms with Crippen molar-refractivity contribution in [2.45, 2.75) is 6.92 Å². The summed E-state index contributed by atoms with van der Waals surface area (Å²) in [6.07, 6.45) is 0. The number of hydrogen-bond acceptors (Lipinski definition) is 3. The van der Waals surface area contributed by atoms with Crippen molar-refractivity contribution in [2.75, 3.05) is 0 Å². The van der Waals surface area contributed by atoms with Gasteiger partial charge >= 0.3 is 5.97 Å². The minimum atomic E-state index is -1.12. The Hall–Kier alpha value is -1.43. The molecule has 0 bridgehead atoms. The molecular weight excluding hydrogens is 174 g/mol. The minimum absolute atomic E-state index is 0.0111. The fraction of sp³-hybridized carbons (Fsp3) is 0.125. The number of carboxylic acid groups (broad SMARTS) is 1. The van der Waals surface area contributed by atoms with Crippen LogP contribution in [0.4, 0.5) is 5.69 Å². The maximum atomic E-state index is 10.6. The van der Waals surface area contributed by atoms with E-state index in [1.807, 2.05) is 0 Å². The van der Waals surface area contributed by atoms with Gasteiger partial charge in [0.05, 0.1) is 5.56 Å². The van der Waals surface area contributed by atoms with Crippen molar-refractivity contribution in [3.05, 3.63) is 34.5 Å². The first-order valence-corrected chi connectivity index (χ1v) is 3.59. The lowest BCUT2D eigenvalue weighted by atomic mass is 10.1. The Morgan fingerprint density at radius 3 is 2.62 bits per heavy atom. The van der Waals surface area contributed by atoms with Crippen LogP contribution >= 0.6 is 0 Å². The minimum Gasteiger partial charge on any atom is -0.595 e. The van der Waals surface area contributed by atoms with Gasteiger partial charge in [0.15, 0.2) is 5.69 Å². The molecule has 1 aromatic rings. The molecule has 0 heterocycles. The molecule has 0 aromatic heterocycles. The number of rotatable bonds is 2. The number of quaternary nitrogens is 1. The van der Waals surface area contributed by atoms with Crippen molar-refractivity contribution in [1.29, 1.82) is 0 Å². The zero-order chi connectivity index (χ0) is 10.0. The van der Waals surface area contributed by atoms with Crippen LogP contribution in [0.1, 0.15) is 15.9 Å². The van der Waals surface area contributed by atoms with Crippen LogP contribution in [0.15, 0.2) is 18.2 Å². The molecule has 0 saturated carbocycles. The topological polar surface area (TPSA) is 85.0 Å². The number of carbonyl (C=O) groups is 1. The first kappa shape index (κ1) is 9.66. The van der Waals surface area contributed by atoms with Crippen molar-refractivity contribution < 1.29 is 20.3 Å². The highest BCUT2D eigenvalue weighted by Gasteiger charge is 2.10. The summed E-state index contributed by atoms with van der Waals surface area (Å²) in [5.41, 5.74) is 0.570. The van der Waals surface area contributed by atoms with E-state index < -0.39 is 11.2 Å². The van der Waals surface area contributed by atoms with E-state index in [0.717, 1.165) is 6.07 Å². The molecule has 1 unspecified atom stereocenters. The van der Waals surface area contributed by atoms with E-state index in [9.17, 15) is 10.0 Å². The Kier molecular flexibility index (Phi) is 2.62. The van der Waals surface area contributed by atoms with Crippen LogP contribution in [-0.4, -0.2) is 16.3 Å². The summed E-state index contributed by atoms with van der Waals surface area (Å²) in [5, 5.41) is 26.8. The second-order valence-corrected chi connectivity index (χ2v) is 2.64. The van der Waals surface area contributed by atoms with Gasteiger partial charge in [-0.25, -0.2) is 10.0 Å². The summed E-state index contributed by atoms with van der Waals surface area (Å²) >= 11 is 0. The average Bonchev–Trinajstić information content (AvgIpc) is 2.04. The van der Waals surface area contributed by atoms with E-state index >= 15 is 0 Å². The molecule has 0 aliphatic heterocycles. The zero-order valence-corrected chi connectivity index (χ0v) is 6.94. The van der Waals surface area contributed by atoms with E-state index in [0.29, 0.717) is 5.56 Å². The zero-order valence-electron chi connectivity index (χ0n) is 6.94. The molecule has 0 amide bonds. The highest BCUT2D eigenvalue weighted by atomic mass is 16.8. The average molecular weight is 183 g/mol. The molecule has 0 aliphatic carbocycles. The lowest BCUT2D eigenvalue weighted by Gasteiger charge is -2.13. The molecule has 0 radical (unpaired) electrons. The van der Waals surface area contributed by atoms with Gasteiger partial charge in [-0.1, -0.05) is 6.07 Å². The van der Waals surface area contributed by atoms with Crippen LogP contribution in [-0.2, 0) is 0 Å². The van der Waals surface area contributed by atoms with E-state index in [-0.39, 0.29) is 11.3 Å². The van der Waals surface area contributed by atoms with E-state index in [1.165, 1.54) is 12.1 Å². The van der Waals surface area contributed by atoms with Gasteiger partial charge in [0.1, 0.15) is 0 Å². The SMILES string of the molecule is Cc1ccc(C(=O)O)cc1[NH+]([O-])O. The fourth-order valence-electron chi connectivity index (χ4n) is 0.985. The van der Waals surface area contributed by atoms with Gasteiger partial charge in [-0.05, 0) is 13.0 Å². The second-order valence-electron chi connectivity index (χ2n) is 2.64. The summed E-state index contributed by atoms with van der Waals surface area (Å²) in [6.45, 7) is 1.62. The third kappa shape index (κ3) is 2.03. The molecule has 0 aliphatic rings. The smallest absolute Gasteiger partial charge is 0.335 e. The van der Waals surface area contributed by atoms with Gasteiger partial charge in [-0.15, -0.1) is 0 Å². The number of carboxylic acids is 1. The van der Waals surface area contributed by atoms with Crippen molar-refractivity contribution in [3.8, 4) is 0 Å². The third-order valence-electron chi connectivity index (χ3n) is 1.71. The van der Waals surface area contributed by atoms with Crippen LogP contribution in [0.2, 0.25) is 0 Å². The Balaban J connectivity index is 3.19. The van der Waals surface area contributed by atoms with Crippen molar-refractivity contribution in [3.63, 3.8) is 0 Å². The van der Waals surface area contributed by atoms with Crippen molar-refractivity contribution >= 4 is 11.7 Å². The van der Waals surface area contributed by atoms with Gasteiger partial charge in [0.2, 0.25) is 0 Å². The standard InChI is InChI=1S/C8H9NO4/c1-5-2-3-6(8(10)11)4-7(5)9(12)13/h2-4,9,12H,1H3,(H,10,11). The number of benzene rings is 1.